The molecule has 0 unspecified atom stereocenters. The van der Waals surface area contributed by atoms with E-state index in [2.05, 4.69) is 15.2 Å². The van der Waals surface area contributed by atoms with Crippen molar-refractivity contribution in [3.05, 3.63) is 24.1 Å². The molecule has 5 aliphatic rings. The lowest BCUT2D eigenvalue weighted by molar-refractivity contribution is -0.101. The van der Waals surface area contributed by atoms with E-state index in [1.807, 2.05) is 20.8 Å². The first kappa shape index (κ1) is 20.0. The summed E-state index contributed by atoms with van der Waals surface area (Å²) in [5.74, 6) is 1.87. The molecule has 3 aliphatic heterocycles. The fourth-order valence-electron chi connectivity index (χ4n) is 6.12. The molecule has 2 amide bonds. The molecule has 2 aromatic heterocycles. The lowest BCUT2D eigenvalue weighted by atomic mass is 9.60. The fourth-order valence-corrected chi connectivity index (χ4v) is 7.87. The summed E-state index contributed by atoms with van der Waals surface area (Å²) in [5.41, 5.74) is 0.136. The molecular weight excluding hydrogens is 446 g/mol. The van der Waals surface area contributed by atoms with Crippen LogP contribution in [0.1, 0.15) is 49.2 Å². The molecule has 2 saturated carbocycles. The molecule has 5 fully saturated rings. The van der Waals surface area contributed by atoms with Gasteiger partial charge in [0.2, 0.25) is 10.0 Å². The zero-order chi connectivity index (χ0) is 22.6. The van der Waals surface area contributed by atoms with Crippen LogP contribution in [-0.4, -0.2) is 87.7 Å². The molecule has 3 saturated heterocycles. The summed E-state index contributed by atoms with van der Waals surface area (Å²) in [7, 11) is -3.57. The van der Waals surface area contributed by atoms with Crippen LogP contribution < -0.4 is 0 Å². The van der Waals surface area contributed by atoms with Crippen molar-refractivity contribution in [2.45, 2.75) is 49.5 Å². The minimum atomic E-state index is -3.57. The predicted molar refractivity (Wildman–Crippen MR) is 114 cm³/mol. The Morgan fingerprint density at radius 1 is 1.06 bits per heavy atom. The van der Waals surface area contributed by atoms with Crippen molar-refractivity contribution in [1.82, 2.24) is 34.0 Å². The maximum atomic E-state index is 12.9. The Kier molecular flexibility index (Phi) is 3.84. The summed E-state index contributed by atoms with van der Waals surface area (Å²) in [4.78, 5) is 21.3. The zero-order valence-electron chi connectivity index (χ0n) is 18.6. The molecule has 0 N–H and O–H groups in total. The van der Waals surface area contributed by atoms with Gasteiger partial charge in [0.25, 0.3) is 0 Å². The number of hydrogen-bond acceptors (Lipinski definition) is 7. The second-order valence-electron chi connectivity index (χ2n) is 10.9. The van der Waals surface area contributed by atoms with Gasteiger partial charge in [0.15, 0.2) is 11.6 Å². The number of carbonyl (C=O) groups is 1. The van der Waals surface area contributed by atoms with Gasteiger partial charge in [-0.15, -0.1) is 0 Å². The van der Waals surface area contributed by atoms with Gasteiger partial charge in [-0.25, -0.2) is 22.9 Å². The molecule has 5 heterocycles. The van der Waals surface area contributed by atoms with E-state index in [-0.39, 0.29) is 21.8 Å². The van der Waals surface area contributed by atoms with Crippen molar-refractivity contribution >= 4 is 16.1 Å². The molecule has 2 aliphatic carbocycles. The highest BCUT2D eigenvalue weighted by Crippen LogP contribution is 2.54. The van der Waals surface area contributed by atoms with E-state index in [4.69, 9.17) is 4.52 Å². The number of aromatic nitrogens is 4. The third-order valence-corrected chi connectivity index (χ3v) is 10.1. The van der Waals surface area contributed by atoms with Crippen LogP contribution in [0, 0.1) is 17.8 Å². The Hall–Kier alpha value is -2.47. The van der Waals surface area contributed by atoms with Crippen LogP contribution in [0.3, 0.4) is 0 Å². The molecule has 2 spiro atoms. The maximum absolute atomic E-state index is 12.9. The van der Waals surface area contributed by atoms with Gasteiger partial charge in [-0.1, -0.05) is 5.16 Å². The molecule has 0 radical (unpaired) electrons. The Labute approximate surface area is 191 Å². The summed E-state index contributed by atoms with van der Waals surface area (Å²) in [6.07, 6.45) is 7.67. The average molecular weight is 474 g/mol. The molecule has 176 valence electrons. The monoisotopic (exact) mass is 473 g/mol. The van der Waals surface area contributed by atoms with E-state index in [1.54, 1.807) is 6.92 Å². The van der Waals surface area contributed by atoms with Gasteiger partial charge in [0.05, 0.1) is 12.2 Å². The summed E-state index contributed by atoms with van der Waals surface area (Å²) in [6, 6.07) is 0.495. The molecule has 7 rings (SSSR count). The van der Waals surface area contributed by atoms with Gasteiger partial charge in [-0.05, 0) is 32.6 Å². The Morgan fingerprint density at radius 2 is 1.73 bits per heavy atom. The second kappa shape index (κ2) is 6.35. The van der Waals surface area contributed by atoms with Crippen molar-refractivity contribution in [3.8, 4) is 0 Å². The number of urea groups is 1. The molecule has 11 nitrogen and oxygen atoms in total. The smallest absolute Gasteiger partial charge is 0.320 e. The number of carbonyl (C=O) groups excluding carboxylic acids is 1. The van der Waals surface area contributed by atoms with Crippen molar-refractivity contribution in [3.63, 3.8) is 0 Å². The standard InChI is InChI=1S/C21H27N7O4S/c1-14-17(6-23-32-14)33(30,31)27-11-21(12-27)9-26(10-21)19(29)25-7-20(8-25)4-16(5-20)28-13-22-18(24-28)15-2-3-15/h6,13,15-16H,2-5,7-12H2,1H3. The Morgan fingerprint density at radius 3 is 2.33 bits per heavy atom. The summed E-state index contributed by atoms with van der Waals surface area (Å²) >= 11 is 0. The molecule has 2 aromatic rings. The van der Waals surface area contributed by atoms with E-state index in [9.17, 15) is 13.2 Å². The number of nitrogens with zero attached hydrogens (tertiary/aromatic N) is 7. The average Bonchev–Trinajstić information content (AvgIpc) is 3.21. The number of hydrogen-bond donors (Lipinski definition) is 0. The summed E-state index contributed by atoms with van der Waals surface area (Å²) in [5, 5.41) is 8.24. The largest absolute Gasteiger partial charge is 0.360 e. The first-order valence-electron chi connectivity index (χ1n) is 11.6. The fraction of sp³-hybridized carbons (Fsp3) is 0.714. The summed E-state index contributed by atoms with van der Waals surface area (Å²) in [6.45, 7) is 5.34. The van der Waals surface area contributed by atoms with Crippen LogP contribution in [0.15, 0.2) is 21.9 Å². The molecule has 0 atom stereocenters. The Balaban J connectivity index is 0.888. The predicted octanol–water partition coefficient (Wildman–Crippen LogP) is 1.22. The zero-order valence-corrected chi connectivity index (χ0v) is 19.4. The van der Waals surface area contributed by atoms with Crippen molar-refractivity contribution in [2.24, 2.45) is 10.8 Å². The van der Waals surface area contributed by atoms with Crippen LogP contribution in [0.5, 0.6) is 0 Å². The molecule has 33 heavy (non-hydrogen) atoms. The lowest BCUT2D eigenvalue weighted by Gasteiger charge is -2.63. The third-order valence-electron chi connectivity index (χ3n) is 8.17. The van der Waals surface area contributed by atoms with E-state index in [1.165, 1.54) is 23.3 Å². The van der Waals surface area contributed by atoms with Gasteiger partial charge in [-0.3, -0.25) is 0 Å². The highest BCUT2D eigenvalue weighted by Gasteiger charge is 2.60. The molecular formula is C21H27N7O4S. The normalized spacial score (nSPS) is 26.1. The van der Waals surface area contributed by atoms with E-state index < -0.39 is 10.0 Å². The first-order chi connectivity index (χ1) is 15.8. The SMILES string of the molecule is Cc1oncc1S(=O)(=O)N1CC2(CN(C(=O)N3CC4(CC(n5cnc(C6CC6)n5)C4)C3)C2)C1. The Bertz CT molecular complexity index is 1220. The summed E-state index contributed by atoms with van der Waals surface area (Å²) < 4.78 is 33.8. The van der Waals surface area contributed by atoms with E-state index in [0.29, 0.717) is 43.9 Å². The topological polar surface area (TPSA) is 118 Å². The maximum Gasteiger partial charge on any atom is 0.320 e. The van der Waals surface area contributed by atoms with Crippen LogP contribution in [-0.2, 0) is 10.0 Å². The third kappa shape index (κ3) is 2.92. The van der Waals surface area contributed by atoms with Gasteiger partial charge < -0.3 is 14.3 Å². The van der Waals surface area contributed by atoms with Gasteiger partial charge in [0, 0.05) is 56.0 Å². The van der Waals surface area contributed by atoms with Crippen LogP contribution in [0.4, 0.5) is 4.79 Å². The van der Waals surface area contributed by atoms with Crippen LogP contribution >= 0.6 is 0 Å². The van der Waals surface area contributed by atoms with Gasteiger partial charge >= 0.3 is 6.03 Å². The number of sulfonamides is 1. The van der Waals surface area contributed by atoms with Crippen molar-refractivity contribution < 1.29 is 17.7 Å². The van der Waals surface area contributed by atoms with Gasteiger partial charge in [-0.2, -0.15) is 9.40 Å². The highest BCUT2D eigenvalue weighted by molar-refractivity contribution is 7.89. The van der Waals surface area contributed by atoms with E-state index in [0.717, 1.165) is 31.8 Å². The number of likely N-dealkylation sites (tertiary alicyclic amines) is 2. The number of aryl methyl sites for hydroxylation is 1. The quantitative estimate of drug-likeness (QED) is 0.655. The lowest BCUT2D eigenvalue weighted by Crippen LogP contribution is -2.76. The number of amides is 2. The van der Waals surface area contributed by atoms with E-state index >= 15 is 0 Å². The minimum absolute atomic E-state index is 0.0858. The molecule has 0 aromatic carbocycles. The minimum Gasteiger partial charge on any atom is -0.360 e. The molecule has 0 bridgehead atoms. The van der Waals surface area contributed by atoms with Crippen LogP contribution in [0.25, 0.3) is 0 Å². The molecule has 12 heteroatoms. The first-order valence-corrected chi connectivity index (χ1v) is 13.1. The second-order valence-corrected chi connectivity index (χ2v) is 12.8. The number of rotatable bonds is 4. The highest BCUT2D eigenvalue weighted by atomic mass is 32.2. The van der Waals surface area contributed by atoms with Crippen LogP contribution in [0.2, 0.25) is 0 Å². The van der Waals surface area contributed by atoms with Gasteiger partial charge in [0.1, 0.15) is 11.2 Å². The van der Waals surface area contributed by atoms with Crippen molar-refractivity contribution in [2.75, 3.05) is 39.3 Å². The van der Waals surface area contributed by atoms with Crippen molar-refractivity contribution in [1.29, 1.82) is 0 Å².